The number of aromatic hydroxyl groups is 1. The Kier molecular flexibility index (Phi) is 6.46. The summed E-state index contributed by atoms with van der Waals surface area (Å²) in [4.78, 5) is 0. The average molecular weight is 332 g/mol. The average Bonchev–Trinajstić information content (AvgIpc) is 2.61. The van der Waals surface area contributed by atoms with Gasteiger partial charge in [-0.15, -0.1) is 0 Å². The second-order valence-corrected chi connectivity index (χ2v) is 5.61. The fraction of sp³-hybridized carbons (Fsp3) is 0.368. The van der Waals surface area contributed by atoms with Gasteiger partial charge in [0, 0.05) is 0 Å². The molecule has 24 heavy (non-hydrogen) atoms. The van der Waals surface area contributed by atoms with Gasteiger partial charge in [-0.25, -0.2) is 0 Å². The number of methoxy groups -OCH3 is 1. The fourth-order valence-corrected chi connectivity index (χ4v) is 2.49. The van der Waals surface area contributed by atoms with E-state index in [1.54, 1.807) is 6.07 Å². The largest absolute Gasteiger partial charge is 0.504 e. The Balaban J connectivity index is 2.12. The lowest BCUT2D eigenvalue weighted by Gasteiger charge is -2.23. The first-order chi connectivity index (χ1) is 11.6. The topological polar surface area (TPSA) is 79.2 Å². The zero-order chi connectivity index (χ0) is 17.5. The molecule has 0 saturated carbocycles. The number of hydrogen-bond donors (Lipinski definition) is 3. The lowest BCUT2D eigenvalue weighted by Crippen LogP contribution is -2.29. The number of hydrogen-bond acceptors (Lipinski definition) is 5. The zero-order valence-electron chi connectivity index (χ0n) is 14.0. The third-order valence-corrected chi connectivity index (χ3v) is 3.83. The lowest BCUT2D eigenvalue weighted by atomic mass is 10.0. The summed E-state index contributed by atoms with van der Waals surface area (Å²) in [6.45, 7) is 1.77. The Hall–Kier alpha value is -2.24. The van der Waals surface area contributed by atoms with Crippen LogP contribution in [-0.4, -0.2) is 35.1 Å². The maximum absolute atomic E-state index is 10.5. The van der Waals surface area contributed by atoms with Gasteiger partial charge in [0.15, 0.2) is 17.6 Å². The van der Waals surface area contributed by atoms with Crippen molar-refractivity contribution in [3.63, 3.8) is 0 Å². The molecular formula is C19H24O5. The summed E-state index contributed by atoms with van der Waals surface area (Å²) < 4.78 is 10.8. The highest BCUT2D eigenvalue weighted by atomic mass is 16.5. The first-order valence-corrected chi connectivity index (χ1v) is 8.00. The highest BCUT2D eigenvalue weighted by Gasteiger charge is 2.23. The van der Waals surface area contributed by atoms with E-state index in [1.165, 1.54) is 24.8 Å². The molecule has 3 N–H and O–H groups in total. The van der Waals surface area contributed by atoms with Gasteiger partial charge < -0.3 is 24.8 Å². The Labute approximate surface area is 142 Å². The van der Waals surface area contributed by atoms with Gasteiger partial charge in [-0.05, 0) is 41.8 Å². The van der Waals surface area contributed by atoms with Crippen LogP contribution in [0.15, 0.2) is 42.5 Å². The molecule has 0 spiro atoms. The van der Waals surface area contributed by atoms with Crippen molar-refractivity contribution in [3.8, 4) is 17.2 Å². The van der Waals surface area contributed by atoms with Crippen molar-refractivity contribution in [1.29, 1.82) is 0 Å². The number of ether oxygens (including phenoxy) is 2. The molecule has 130 valence electrons. The van der Waals surface area contributed by atoms with Crippen LogP contribution in [0.1, 0.15) is 30.6 Å². The molecule has 0 radical (unpaired) electrons. The Morgan fingerprint density at radius 3 is 2.38 bits per heavy atom. The fourth-order valence-electron chi connectivity index (χ4n) is 2.49. The summed E-state index contributed by atoms with van der Waals surface area (Å²) in [6, 6.07) is 12.1. The van der Waals surface area contributed by atoms with Gasteiger partial charge in [0.1, 0.15) is 11.9 Å². The van der Waals surface area contributed by atoms with Crippen molar-refractivity contribution in [2.45, 2.75) is 32.0 Å². The van der Waals surface area contributed by atoms with Crippen LogP contribution in [0.4, 0.5) is 0 Å². The van der Waals surface area contributed by atoms with Crippen LogP contribution in [0, 0.1) is 0 Å². The summed E-state index contributed by atoms with van der Waals surface area (Å²) in [5.74, 6) is 0.826. The molecule has 0 fully saturated rings. The first kappa shape index (κ1) is 18.1. The van der Waals surface area contributed by atoms with Gasteiger partial charge in [-0.2, -0.15) is 0 Å². The highest BCUT2D eigenvalue weighted by Crippen LogP contribution is 2.31. The second kappa shape index (κ2) is 8.57. The van der Waals surface area contributed by atoms with Crippen LogP contribution in [-0.2, 0) is 6.42 Å². The van der Waals surface area contributed by atoms with Gasteiger partial charge in [0.25, 0.3) is 0 Å². The molecule has 2 aromatic carbocycles. The third kappa shape index (κ3) is 4.40. The Morgan fingerprint density at radius 2 is 1.79 bits per heavy atom. The molecule has 0 heterocycles. The van der Waals surface area contributed by atoms with Gasteiger partial charge in [-0.3, -0.25) is 0 Å². The van der Waals surface area contributed by atoms with E-state index in [2.05, 4.69) is 6.92 Å². The van der Waals surface area contributed by atoms with Crippen LogP contribution < -0.4 is 9.47 Å². The normalized spacial score (nSPS) is 13.3. The predicted octanol–water partition coefficient (Wildman–Crippen LogP) is 2.83. The summed E-state index contributed by atoms with van der Waals surface area (Å²) in [6.07, 6.45) is 0.191. The molecule has 0 aliphatic carbocycles. The van der Waals surface area contributed by atoms with E-state index in [-0.39, 0.29) is 18.1 Å². The quantitative estimate of drug-likeness (QED) is 0.693. The number of phenols is 1. The van der Waals surface area contributed by atoms with Crippen molar-refractivity contribution in [2.24, 2.45) is 0 Å². The van der Waals surface area contributed by atoms with E-state index < -0.39 is 12.2 Å². The van der Waals surface area contributed by atoms with E-state index >= 15 is 0 Å². The number of aliphatic hydroxyl groups is 2. The summed E-state index contributed by atoms with van der Waals surface area (Å²) >= 11 is 0. The molecule has 0 bridgehead atoms. The molecule has 0 aromatic heterocycles. The summed E-state index contributed by atoms with van der Waals surface area (Å²) in [5.41, 5.74) is 1.71. The van der Waals surface area contributed by atoms with Crippen LogP contribution in [0.5, 0.6) is 17.2 Å². The van der Waals surface area contributed by atoms with Gasteiger partial charge in [0.2, 0.25) is 0 Å². The van der Waals surface area contributed by atoms with E-state index in [4.69, 9.17) is 9.47 Å². The lowest BCUT2D eigenvalue weighted by molar-refractivity contribution is 0.000659. The van der Waals surface area contributed by atoms with Crippen LogP contribution >= 0.6 is 0 Å². The molecule has 5 nitrogen and oxygen atoms in total. The molecule has 2 atom stereocenters. The second-order valence-electron chi connectivity index (χ2n) is 5.61. The third-order valence-electron chi connectivity index (χ3n) is 3.83. The molecule has 5 heteroatoms. The molecular weight excluding hydrogens is 308 g/mol. The zero-order valence-corrected chi connectivity index (χ0v) is 14.0. The number of rotatable bonds is 8. The minimum atomic E-state index is -1.06. The van der Waals surface area contributed by atoms with E-state index in [1.807, 2.05) is 24.3 Å². The Morgan fingerprint density at radius 1 is 1.08 bits per heavy atom. The molecule has 0 aliphatic rings. The first-order valence-electron chi connectivity index (χ1n) is 8.00. The Bertz CT molecular complexity index is 639. The molecule has 2 rings (SSSR count). The van der Waals surface area contributed by atoms with Gasteiger partial charge in [0.05, 0.1) is 13.7 Å². The molecule has 0 saturated heterocycles. The molecule has 0 aliphatic heterocycles. The monoisotopic (exact) mass is 332 g/mol. The van der Waals surface area contributed by atoms with Crippen molar-refractivity contribution >= 4 is 0 Å². The maximum Gasteiger partial charge on any atom is 0.160 e. The van der Waals surface area contributed by atoms with Crippen molar-refractivity contribution in [3.05, 3.63) is 53.6 Å². The van der Waals surface area contributed by atoms with E-state index in [9.17, 15) is 15.3 Å². The van der Waals surface area contributed by atoms with Gasteiger partial charge >= 0.3 is 0 Å². The molecule has 2 unspecified atom stereocenters. The standard InChI is InChI=1S/C19H24O5/c1-3-4-13-5-8-15(9-6-13)24-18(12-20)19(22)14-7-10-16(21)17(11-14)23-2/h5-11,18-22H,3-4,12H2,1-2H3. The van der Waals surface area contributed by atoms with Gasteiger partial charge in [-0.1, -0.05) is 31.5 Å². The van der Waals surface area contributed by atoms with Crippen LogP contribution in [0.2, 0.25) is 0 Å². The number of benzene rings is 2. The van der Waals surface area contributed by atoms with Crippen molar-refractivity contribution in [2.75, 3.05) is 13.7 Å². The predicted molar refractivity (Wildman–Crippen MR) is 91.6 cm³/mol. The summed E-state index contributed by atoms with van der Waals surface area (Å²) in [5, 5.41) is 29.7. The number of aliphatic hydroxyl groups excluding tert-OH is 2. The number of aryl methyl sites for hydroxylation is 1. The summed E-state index contributed by atoms with van der Waals surface area (Å²) in [7, 11) is 1.43. The maximum atomic E-state index is 10.5. The SMILES string of the molecule is CCCc1ccc(OC(CO)C(O)c2ccc(O)c(OC)c2)cc1. The smallest absolute Gasteiger partial charge is 0.160 e. The molecule has 2 aromatic rings. The number of phenolic OH excluding ortho intramolecular Hbond substituents is 1. The highest BCUT2D eigenvalue weighted by molar-refractivity contribution is 5.42. The van der Waals surface area contributed by atoms with E-state index in [0.29, 0.717) is 11.3 Å². The van der Waals surface area contributed by atoms with Crippen LogP contribution in [0.25, 0.3) is 0 Å². The van der Waals surface area contributed by atoms with Crippen LogP contribution in [0.3, 0.4) is 0 Å². The minimum Gasteiger partial charge on any atom is -0.504 e. The van der Waals surface area contributed by atoms with Crippen molar-refractivity contribution < 1.29 is 24.8 Å². The molecule has 0 amide bonds. The van der Waals surface area contributed by atoms with E-state index in [0.717, 1.165) is 12.8 Å². The minimum absolute atomic E-state index is 0.0126. The van der Waals surface area contributed by atoms with Crippen molar-refractivity contribution in [1.82, 2.24) is 0 Å².